The average Bonchev–Trinajstić information content (AvgIpc) is 2.06. The number of aliphatic hydroxyl groups excluding tert-OH is 1. The summed E-state index contributed by atoms with van der Waals surface area (Å²) in [7, 11) is 2.01. The van der Waals surface area contributed by atoms with Crippen LogP contribution in [0.25, 0.3) is 0 Å². The number of hydrogen-bond acceptors (Lipinski definition) is 2. The molecule has 0 radical (unpaired) electrons. The van der Waals surface area contributed by atoms with Crippen LogP contribution in [0.15, 0.2) is 0 Å². The summed E-state index contributed by atoms with van der Waals surface area (Å²) in [6, 6.07) is 0. The van der Waals surface area contributed by atoms with Crippen LogP contribution in [0.2, 0.25) is 0 Å². The Morgan fingerprint density at radius 2 is 1.92 bits per heavy atom. The summed E-state index contributed by atoms with van der Waals surface area (Å²) in [6.45, 7) is 3.07. The zero-order chi connectivity index (χ0) is 8.97. The van der Waals surface area contributed by atoms with Crippen molar-refractivity contribution in [3.8, 4) is 0 Å². The minimum Gasteiger partial charge on any atom is -0.393 e. The van der Waals surface area contributed by atoms with E-state index in [-0.39, 0.29) is 6.10 Å². The van der Waals surface area contributed by atoms with Gasteiger partial charge in [-0.2, -0.15) is 0 Å². The van der Waals surface area contributed by atoms with Gasteiger partial charge in [0.2, 0.25) is 0 Å². The number of hydrogen-bond donors (Lipinski definition) is 2. The van der Waals surface area contributed by atoms with Crippen LogP contribution < -0.4 is 5.32 Å². The van der Waals surface area contributed by atoms with E-state index in [1.807, 2.05) is 14.0 Å². The largest absolute Gasteiger partial charge is 0.393 e. The topological polar surface area (TPSA) is 32.3 Å². The molecule has 1 aliphatic rings. The zero-order valence-electron chi connectivity index (χ0n) is 8.21. The van der Waals surface area contributed by atoms with E-state index in [1.165, 1.54) is 25.7 Å². The standard InChI is InChI=1S/C10H21NO/c1-8(12)10-5-3-9(4-6-10)7-11-2/h8-12H,3-7H2,1-2H3. The van der Waals surface area contributed by atoms with E-state index in [2.05, 4.69) is 5.32 Å². The second kappa shape index (κ2) is 4.83. The Balaban J connectivity index is 2.20. The highest BCUT2D eigenvalue weighted by molar-refractivity contribution is 4.76. The molecule has 2 N–H and O–H groups in total. The molecule has 0 spiro atoms. The molecule has 0 aromatic heterocycles. The van der Waals surface area contributed by atoms with Crippen LogP contribution in [-0.4, -0.2) is 24.8 Å². The van der Waals surface area contributed by atoms with Crippen molar-refractivity contribution in [2.45, 2.75) is 38.7 Å². The van der Waals surface area contributed by atoms with Gasteiger partial charge in [-0.1, -0.05) is 0 Å². The Hall–Kier alpha value is -0.0800. The van der Waals surface area contributed by atoms with Gasteiger partial charge in [0, 0.05) is 0 Å². The molecule has 0 bridgehead atoms. The summed E-state index contributed by atoms with van der Waals surface area (Å²) in [5, 5.41) is 12.6. The highest BCUT2D eigenvalue weighted by atomic mass is 16.3. The monoisotopic (exact) mass is 171 g/mol. The molecule has 2 nitrogen and oxygen atoms in total. The molecule has 0 aliphatic heterocycles. The molecule has 0 saturated heterocycles. The predicted octanol–water partition coefficient (Wildman–Crippen LogP) is 1.39. The van der Waals surface area contributed by atoms with E-state index >= 15 is 0 Å². The van der Waals surface area contributed by atoms with Gasteiger partial charge in [-0.3, -0.25) is 0 Å². The summed E-state index contributed by atoms with van der Waals surface area (Å²) in [6.07, 6.45) is 4.90. The highest BCUT2D eigenvalue weighted by Gasteiger charge is 2.23. The van der Waals surface area contributed by atoms with Gasteiger partial charge in [0.05, 0.1) is 6.10 Å². The van der Waals surface area contributed by atoms with Crippen molar-refractivity contribution >= 4 is 0 Å². The smallest absolute Gasteiger partial charge is 0.0540 e. The van der Waals surface area contributed by atoms with E-state index in [9.17, 15) is 5.11 Å². The lowest BCUT2D eigenvalue weighted by molar-refractivity contribution is 0.0887. The first-order chi connectivity index (χ1) is 5.74. The third-order valence-corrected chi connectivity index (χ3v) is 3.07. The van der Waals surface area contributed by atoms with Gasteiger partial charge in [-0.05, 0) is 58.0 Å². The van der Waals surface area contributed by atoms with Crippen molar-refractivity contribution in [1.29, 1.82) is 0 Å². The maximum absolute atomic E-state index is 9.38. The maximum Gasteiger partial charge on any atom is 0.0540 e. The lowest BCUT2D eigenvalue weighted by Gasteiger charge is -2.29. The molecule has 0 amide bonds. The van der Waals surface area contributed by atoms with Crippen molar-refractivity contribution in [2.75, 3.05) is 13.6 Å². The molecule has 1 saturated carbocycles. The van der Waals surface area contributed by atoms with E-state index in [1.54, 1.807) is 0 Å². The Kier molecular flexibility index (Phi) is 4.02. The fraction of sp³-hybridized carbons (Fsp3) is 1.00. The van der Waals surface area contributed by atoms with Gasteiger partial charge in [0.25, 0.3) is 0 Å². The highest BCUT2D eigenvalue weighted by Crippen LogP contribution is 2.30. The summed E-state index contributed by atoms with van der Waals surface area (Å²) >= 11 is 0. The normalized spacial score (nSPS) is 33.2. The van der Waals surface area contributed by atoms with E-state index in [0.717, 1.165) is 12.5 Å². The van der Waals surface area contributed by atoms with Crippen LogP contribution in [0.5, 0.6) is 0 Å². The van der Waals surface area contributed by atoms with Crippen molar-refractivity contribution in [1.82, 2.24) is 5.32 Å². The maximum atomic E-state index is 9.38. The van der Waals surface area contributed by atoms with Crippen LogP contribution in [0, 0.1) is 11.8 Å². The average molecular weight is 171 g/mol. The minimum absolute atomic E-state index is 0.0967. The van der Waals surface area contributed by atoms with E-state index in [4.69, 9.17) is 0 Å². The van der Waals surface area contributed by atoms with Crippen molar-refractivity contribution in [3.63, 3.8) is 0 Å². The first kappa shape index (κ1) is 10.0. The number of nitrogens with one attached hydrogen (secondary N) is 1. The summed E-state index contributed by atoms with van der Waals surface area (Å²) in [5.74, 6) is 1.42. The van der Waals surface area contributed by atoms with Gasteiger partial charge >= 0.3 is 0 Å². The van der Waals surface area contributed by atoms with Gasteiger partial charge in [-0.15, -0.1) is 0 Å². The summed E-state index contributed by atoms with van der Waals surface area (Å²) < 4.78 is 0. The Labute approximate surface area is 75.4 Å². The molecule has 1 rings (SSSR count). The molecule has 0 aromatic rings. The predicted molar refractivity (Wildman–Crippen MR) is 51.1 cm³/mol. The lowest BCUT2D eigenvalue weighted by atomic mass is 9.80. The zero-order valence-corrected chi connectivity index (χ0v) is 8.21. The van der Waals surface area contributed by atoms with Crippen LogP contribution >= 0.6 is 0 Å². The van der Waals surface area contributed by atoms with Crippen molar-refractivity contribution in [3.05, 3.63) is 0 Å². The van der Waals surface area contributed by atoms with Crippen LogP contribution in [0.4, 0.5) is 0 Å². The van der Waals surface area contributed by atoms with Crippen LogP contribution in [0.1, 0.15) is 32.6 Å². The summed E-state index contributed by atoms with van der Waals surface area (Å²) in [5.41, 5.74) is 0. The molecular weight excluding hydrogens is 150 g/mol. The van der Waals surface area contributed by atoms with Gasteiger partial charge in [-0.25, -0.2) is 0 Å². The fourth-order valence-electron chi connectivity index (χ4n) is 2.16. The minimum atomic E-state index is -0.0967. The molecule has 12 heavy (non-hydrogen) atoms. The molecule has 2 heteroatoms. The van der Waals surface area contributed by atoms with Crippen LogP contribution in [0.3, 0.4) is 0 Å². The van der Waals surface area contributed by atoms with Gasteiger partial charge in [0.15, 0.2) is 0 Å². The third-order valence-electron chi connectivity index (χ3n) is 3.07. The molecule has 1 atom stereocenters. The Bertz CT molecular complexity index is 117. The van der Waals surface area contributed by atoms with E-state index in [0.29, 0.717) is 5.92 Å². The first-order valence-electron chi connectivity index (χ1n) is 5.06. The molecule has 0 heterocycles. The number of rotatable bonds is 3. The van der Waals surface area contributed by atoms with Crippen molar-refractivity contribution in [2.24, 2.45) is 11.8 Å². The third kappa shape index (κ3) is 2.76. The number of aliphatic hydroxyl groups is 1. The van der Waals surface area contributed by atoms with Crippen molar-refractivity contribution < 1.29 is 5.11 Å². The van der Waals surface area contributed by atoms with E-state index < -0.39 is 0 Å². The Morgan fingerprint density at radius 3 is 2.33 bits per heavy atom. The van der Waals surface area contributed by atoms with Crippen LogP contribution in [-0.2, 0) is 0 Å². The van der Waals surface area contributed by atoms with Gasteiger partial charge in [0.1, 0.15) is 0 Å². The SMILES string of the molecule is CNCC1CCC(C(C)O)CC1. The van der Waals surface area contributed by atoms with Gasteiger partial charge < -0.3 is 10.4 Å². The molecule has 72 valence electrons. The second-order valence-electron chi connectivity index (χ2n) is 4.08. The quantitative estimate of drug-likeness (QED) is 0.672. The molecule has 0 aromatic carbocycles. The fourth-order valence-corrected chi connectivity index (χ4v) is 2.16. The molecule has 1 aliphatic carbocycles. The Morgan fingerprint density at radius 1 is 1.33 bits per heavy atom. The summed E-state index contributed by atoms with van der Waals surface area (Å²) in [4.78, 5) is 0. The molecule has 1 unspecified atom stereocenters. The molecule has 1 fully saturated rings. The second-order valence-corrected chi connectivity index (χ2v) is 4.08. The molecular formula is C10H21NO. The lowest BCUT2D eigenvalue weighted by Crippen LogP contribution is -2.27. The first-order valence-corrected chi connectivity index (χ1v) is 5.06.